The summed E-state index contributed by atoms with van der Waals surface area (Å²) in [5, 5.41) is 19.1. The van der Waals surface area contributed by atoms with Gasteiger partial charge in [-0.25, -0.2) is 4.79 Å². The molecule has 1 heterocycles. The lowest BCUT2D eigenvalue weighted by atomic mass is 9.98. The van der Waals surface area contributed by atoms with Crippen LogP contribution >= 0.6 is 0 Å². The fraction of sp³-hybridized carbons (Fsp3) is 0.429. The maximum Gasteiger partial charge on any atom is 0.329 e. The molecule has 0 bridgehead atoms. The van der Waals surface area contributed by atoms with E-state index in [0.717, 1.165) is 5.56 Å². The van der Waals surface area contributed by atoms with E-state index in [1.54, 1.807) is 19.1 Å². The van der Waals surface area contributed by atoms with E-state index in [4.69, 9.17) is 0 Å². The maximum absolute atomic E-state index is 12.4. The molecule has 0 aromatic heterocycles. The van der Waals surface area contributed by atoms with Gasteiger partial charge in [0.25, 0.3) is 5.91 Å². The van der Waals surface area contributed by atoms with Crippen LogP contribution in [0.25, 0.3) is 0 Å². The van der Waals surface area contributed by atoms with Crippen molar-refractivity contribution in [1.82, 2.24) is 4.90 Å². The lowest BCUT2D eigenvalue weighted by molar-refractivity contribution is -0.147. The van der Waals surface area contributed by atoms with E-state index in [1.807, 2.05) is 6.92 Å². The van der Waals surface area contributed by atoms with Crippen molar-refractivity contribution in [2.45, 2.75) is 32.2 Å². The smallest absolute Gasteiger partial charge is 0.329 e. The van der Waals surface area contributed by atoms with Gasteiger partial charge in [-0.15, -0.1) is 0 Å². The number of phenolic OH excluding ortho intramolecular Hbond substituents is 1. The largest absolute Gasteiger partial charge is 0.507 e. The van der Waals surface area contributed by atoms with Crippen LogP contribution in [0, 0.1) is 6.92 Å². The molecule has 1 saturated heterocycles. The number of carbonyl (C=O) groups excluding carboxylic acids is 1. The molecule has 0 spiro atoms. The van der Waals surface area contributed by atoms with Gasteiger partial charge in [-0.3, -0.25) is 4.79 Å². The first-order valence-electron chi connectivity index (χ1n) is 6.21. The first-order chi connectivity index (χ1) is 8.86. The second kappa shape index (κ2) is 4.57. The van der Waals surface area contributed by atoms with E-state index in [9.17, 15) is 19.8 Å². The topological polar surface area (TPSA) is 77.8 Å². The van der Waals surface area contributed by atoms with Crippen LogP contribution in [0.5, 0.6) is 5.75 Å². The van der Waals surface area contributed by atoms with Crippen molar-refractivity contribution in [1.29, 1.82) is 0 Å². The minimum Gasteiger partial charge on any atom is -0.507 e. The fourth-order valence-corrected chi connectivity index (χ4v) is 2.48. The minimum atomic E-state index is -1.19. The zero-order valence-corrected chi connectivity index (χ0v) is 11.0. The Morgan fingerprint density at radius 1 is 1.37 bits per heavy atom. The van der Waals surface area contributed by atoms with Gasteiger partial charge >= 0.3 is 5.97 Å². The zero-order valence-electron chi connectivity index (χ0n) is 11.0. The van der Waals surface area contributed by atoms with Gasteiger partial charge in [0.2, 0.25) is 0 Å². The van der Waals surface area contributed by atoms with E-state index in [-0.39, 0.29) is 11.3 Å². The Labute approximate surface area is 111 Å². The van der Waals surface area contributed by atoms with Crippen LogP contribution in [0.3, 0.4) is 0 Å². The number of amides is 1. The quantitative estimate of drug-likeness (QED) is 0.852. The Bertz CT molecular complexity index is 540. The summed E-state index contributed by atoms with van der Waals surface area (Å²) in [4.78, 5) is 25.1. The number of carboxylic acid groups (broad SMARTS) is 1. The predicted molar refractivity (Wildman–Crippen MR) is 69.2 cm³/mol. The van der Waals surface area contributed by atoms with Crippen molar-refractivity contribution < 1.29 is 19.8 Å². The Morgan fingerprint density at radius 3 is 2.68 bits per heavy atom. The third kappa shape index (κ3) is 2.16. The highest BCUT2D eigenvalue weighted by Gasteiger charge is 2.46. The van der Waals surface area contributed by atoms with Gasteiger partial charge in [0.05, 0.1) is 5.56 Å². The third-order valence-electron chi connectivity index (χ3n) is 3.73. The number of likely N-dealkylation sites (tertiary alicyclic amines) is 1. The molecule has 2 N–H and O–H groups in total. The number of carbonyl (C=O) groups is 2. The monoisotopic (exact) mass is 263 g/mol. The summed E-state index contributed by atoms with van der Waals surface area (Å²) in [5.74, 6) is -1.55. The Balaban J connectivity index is 2.39. The minimum absolute atomic E-state index is 0.116. The summed E-state index contributed by atoms with van der Waals surface area (Å²) in [6, 6.07) is 4.74. The lowest BCUT2D eigenvalue weighted by Gasteiger charge is -2.31. The first-order valence-corrected chi connectivity index (χ1v) is 6.21. The summed E-state index contributed by atoms with van der Waals surface area (Å²) in [6.07, 6.45) is 1.09. The number of hydrogen-bond donors (Lipinski definition) is 2. The molecule has 1 aromatic carbocycles. The summed E-state index contributed by atoms with van der Waals surface area (Å²) in [5.41, 5.74) is -0.181. The number of carboxylic acids is 1. The average molecular weight is 263 g/mol. The molecule has 5 heteroatoms. The summed E-state index contributed by atoms with van der Waals surface area (Å²) < 4.78 is 0. The fourth-order valence-electron chi connectivity index (χ4n) is 2.48. The van der Waals surface area contributed by atoms with Crippen molar-refractivity contribution in [2.75, 3.05) is 6.54 Å². The van der Waals surface area contributed by atoms with Crippen molar-refractivity contribution in [3.8, 4) is 5.75 Å². The molecule has 5 nitrogen and oxygen atoms in total. The third-order valence-corrected chi connectivity index (χ3v) is 3.73. The molecule has 1 aliphatic rings. The van der Waals surface area contributed by atoms with Gasteiger partial charge in [-0.1, -0.05) is 11.6 Å². The Hall–Kier alpha value is -2.04. The molecule has 102 valence electrons. The Kier molecular flexibility index (Phi) is 3.22. The molecule has 1 unspecified atom stereocenters. The molecule has 1 amide bonds. The summed E-state index contributed by atoms with van der Waals surface area (Å²) >= 11 is 0. The van der Waals surface area contributed by atoms with Crippen molar-refractivity contribution in [3.05, 3.63) is 29.3 Å². The number of benzene rings is 1. The van der Waals surface area contributed by atoms with E-state index in [2.05, 4.69) is 0 Å². The number of rotatable bonds is 2. The molecule has 0 radical (unpaired) electrons. The molecule has 1 atom stereocenters. The van der Waals surface area contributed by atoms with Gasteiger partial charge in [0, 0.05) is 6.54 Å². The SMILES string of the molecule is Cc1ccc(O)c(C(=O)N2CCCC2(C)C(=O)O)c1. The molecule has 2 rings (SSSR count). The van der Waals surface area contributed by atoms with Crippen LogP contribution in [0.1, 0.15) is 35.7 Å². The highest BCUT2D eigenvalue weighted by Crippen LogP contribution is 2.32. The lowest BCUT2D eigenvalue weighted by Crippen LogP contribution is -2.50. The van der Waals surface area contributed by atoms with E-state index in [0.29, 0.717) is 19.4 Å². The molecule has 1 fully saturated rings. The van der Waals surface area contributed by atoms with Crippen molar-refractivity contribution >= 4 is 11.9 Å². The van der Waals surface area contributed by atoms with E-state index >= 15 is 0 Å². The van der Waals surface area contributed by atoms with Gasteiger partial charge < -0.3 is 15.1 Å². The Morgan fingerprint density at radius 2 is 2.05 bits per heavy atom. The molecule has 19 heavy (non-hydrogen) atoms. The standard InChI is InChI=1S/C14H17NO4/c1-9-4-5-11(16)10(8-9)12(17)15-7-3-6-14(15,2)13(18)19/h4-5,8,16H,3,6-7H2,1-2H3,(H,18,19). The zero-order chi connectivity index (χ0) is 14.2. The van der Waals surface area contributed by atoms with Crippen molar-refractivity contribution in [3.63, 3.8) is 0 Å². The molecule has 1 aromatic rings. The second-order valence-corrected chi connectivity index (χ2v) is 5.16. The number of aryl methyl sites for hydroxylation is 1. The maximum atomic E-state index is 12.4. The number of hydrogen-bond acceptors (Lipinski definition) is 3. The highest BCUT2D eigenvalue weighted by molar-refractivity contribution is 6.00. The van der Waals surface area contributed by atoms with Gasteiger partial charge in [0.15, 0.2) is 0 Å². The van der Waals surface area contributed by atoms with Crippen LogP contribution < -0.4 is 0 Å². The van der Waals surface area contributed by atoms with Crippen LogP contribution in [-0.2, 0) is 4.79 Å². The predicted octanol–water partition coefficient (Wildman–Crippen LogP) is 1.78. The number of phenols is 1. The number of aliphatic carboxylic acids is 1. The first kappa shape index (κ1) is 13.4. The van der Waals surface area contributed by atoms with E-state index < -0.39 is 17.4 Å². The van der Waals surface area contributed by atoms with Gasteiger partial charge in [-0.2, -0.15) is 0 Å². The van der Waals surface area contributed by atoms with Gasteiger partial charge in [-0.05, 0) is 38.8 Å². The number of aromatic hydroxyl groups is 1. The van der Waals surface area contributed by atoms with Crippen LogP contribution in [0.4, 0.5) is 0 Å². The molecule has 1 aliphatic heterocycles. The summed E-state index contributed by atoms with van der Waals surface area (Å²) in [6.45, 7) is 3.76. The van der Waals surface area contributed by atoms with Crippen LogP contribution in [0.2, 0.25) is 0 Å². The van der Waals surface area contributed by atoms with Gasteiger partial charge in [0.1, 0.15) is 11.3 Å². The second-order valence-electron chi connectivity index (χ2n) is 5.16. The molecular formula is C14H17NO4. The number of nitrogens with zero attached hydrogens (tertiary/aromatic N) is 1. The molecular weight excluding hydrogens is 246 g/mol. The highest BCUT2D eigenvalue weighted by atomic mass is 16.4. The normalized spacial score (nSPS) is 22.5. The molecule has 0 aliphatic carbocycles. The van der Waals surface area contributed by atoms with E-state index in [1.165, 1.54) is 11.0 Å². The summed E-state index contributed by atoms with van der Waals surface area (Å²) in [7, 11) is 0. The van der Waals surface area contributed by atoms with Crippen molar-refractivity contribution in [2.24, 2.45) is 0 Å². The van der Waals surface area contributed by atoms with Crippen LogP contribution in [0.15, 0.2) is 18.2 Å². The van der Waals surface area contributed by atoms with Crippen LogP contribution in [-0.4, -0.2) is 39.1 Å². The molecule has 0 saturated carbocycles. The average Bonchev–Trinajstić information content (AvgIpc) is 2.75.